The standard InChI is InChI=1S/C16H24N4/c1-11-5-12(2)17-13(3)15(11)16-6-18-8-19(7-16)10-20(9-18)14(16)4/h5,14H,6-10H2,1-4H3. The quantitative estimate of drug-likeness (QED) is 0.772. The number of nitrogens with zero attached hydrogens (tertiary/aromatic N) is 4. The van der Waals surface area contributed by atoms with Gasteiger partial charge in [-0.2, -0.15) is 0 Å². The van der Waals surface area contributed by atoms with Crippen molar-refractivity contribution in [1.29, 1.82) is 0 Å². The van der Waals surface area contributed by atoms with Gasteiger partial charge in [0.2, 0.25) is 0 Å². The van der Waals surface area contributed by atoms with Crippen LogP contribution in [0.5, 0.6) is 0 Å². The van der Waals surface area contributed by atoms with Gasteiger partial charge in [-0.15, -0.1) is 0 Å². The van der Waals surface area contributed by atoms with Gasteiger partial charge in [0.05, 0.1) is 20.0 Å². The minimum atomic E-state index is 0.240. The van der Waals surface area contributed by atoms with Crippen molar-refractivity contribution in [2.75, 3.05) is 33.1 Å². The van der Waals surface area contributed by atoms with Crippen molar-refractivity contribution in [2.24, 2.45) is 0 Å². The first-order valence-electron chi connectivity index (χ1n) is 7.64. The van der Waals surface area contributed by atoms with Gasteiger partial charge in [0.15, 0.2) is 0 Å². The van der Waals surface area contributed by atoms with Gasteiger partial charge in [-0.3, -0.25) is 19.7 Å². The van der Waals surface area contributed by atoms with Crippen LogP contribution >= 0.6 is 0 Å². The fraction of sp³-hybridized carbons (Fsp3) is 0.688. The molecule has 108 valence electrons. The lowest BCUT2D eigenvalue weighted by Crippen LogP contribution is -2.77. The highest BCUT2D eigenvalue weighted by atomic mass is 15.5. The van der Waals surface area contributed by atoms with E-state index in [9.17, 15) is 0 Å². The Morgan fingerprint density at radius 1 is 1.10 bits per heavy atom. The molecule has 4 fully saturated rings. The van der Waals surface area contributed by atoms with Gasteiger partial charge in [-0.25, -0.2) is 0 Å². The molecule has 1 aromatic rings. The molecule has 0 spiro atoms. The van der Waals surface area contributed by atoms with Crippen molar-refractivity contribution in [3.8, 4) is 0 Å². The molecule has 0 saturated carbocycles. The zero-order chi connectivity index (χ0) is 14.1. The molecule has 0 N–H and O–H groups in total. The van der Waals surface area contributed by atoms with Gasteiger partial charge < -0.3 is 0 Å². The van der Waals surface area contributed by atoms with E-state index < -0.39 is 0 Å². The van der Waals surface area contributed by atoms with E-state index in [-0.39, 0.29) is 5.41 Å². The first-order chi connectivity index (χ1) is 9.49. The lowest BCUT2D eigenvalue weighted by Gasteiger charge is -2.64. The topological polar surface area (TPSA) is 22.6 Å². The van der Waals surface area contributed by atoms with Crippen LogP contribution < -0.4 is 0 Å². The minimum Gasteiger partial charge on any atom is -0.276 e. The summed E-state index contributed by atoms with van der Waals surface area (Å²) >= 11 is 0. The third-order valence-corrected chi connectivity index (χ3v) is 5.55. The van der Waals surface area contributed by atoms with Crippen molar-refractivity contribution in [2.45, 2.75) is 39.2 Å². The zero-order valence-corrected chi connectivity index (χ0v) is 13.0. The second kappa shape index (κ2) is 4.03. The average Bonchev–Trinajstić information content (AvgIpc) is 2.33. The molecule has 4 saturated heterocycles. The van der Waals surface area contributed by atoms with Crippen LogP contribution in [0.4, 0.5) is 0 Å². The molecule has 5 rings (SSSR count). The molecule has 4 bridgehead atoms. The highest BCUT2D eigenvalue weighted by Crippen LogP contribution is 2.44. The fourth-order valence-corrected chi connectivity index (χ4v) is 4.98. The highest BCUT2D eigenvalue weighted by molar-refractivity contribution is 5.42. The van der Waals surface area contributed by atoms with E-state index in [2.05, 4.69) is 48.5 Å². The molecule has 0 radical (unpaired) electrons. The first-order valence-corrected chi connectivity index (χ1v) is 7.64. The predicted molar refractivity (Wildman–Crippen MR) is 79.4 cm³/mol. The van der Waals surface area contributed by atoms with E-state index in [1.165, 1.54) is 29.9 Å². The Balaban J connectivity index is 1.88. The zero-order valence-electron chi connectivity index (χ0n) is 13.0. The predicted octanol–water partition coefficient (Wildman–Crippen LogP) is 1.45. The summed E-state index contributed by atoms with van der Waals surface area (Å²) in [5.74, 6) is 0. The molecule has 4 aliphatic heterocycles. The van der Waals surface area contributed by atoms with Crippen molar-refractivity contribution < 1.29 is 0 Å². The van der Waals surface area contributed by atoms with E-state index >= 15 is 0 Å². The van der Waals surface area contributed by atoms with Crippen molar-refractivity contribution in [1.82, 2.24) is 19.7 Å². The molecule has 4 nitrogen and oxygen atoms in total. The van der Waals surface area contributed by atoms with Crippen LogP contribution in [0.1, 0.15) is 29.4 Å². The molecule has 1 aromatic heterocycles. The number of hydrogen-bond acceptors (Lipinski definition) is 4. The van der Waals surface area contributed by atoms with Gasteiger partial charge in [0.25, 0.3) is 0 Å². The van der Waals surface area contributed by atoms with E-state index in [1.807, 2.05) is 0 Å². The summed E-state index contributed by atoms with van der Waals surface area (Å²) in [6, 6.07) is 2.87. The fourth-order valence-electron chi connectivity index (χ4n) is 4.98. The Labute approximate surface area is 121 Å². The van der Waals surface area contributed by atoms with Crippen molar-refractivity contribution in [3.63, 3.8) is 0 Å². The third kappa shape index (κ3) is 1.56. The van der Waals surface area contributed by atoms with E-state index in [0.29, 0.717) is 6.04 Å². The molecular formula is C16H24N4. The Kier molecular flexibility index (Phi) is 2.57. The van der Waals surface area contributed by atoms with Crippen LogP contribution in [0.25, 0.3) is 0 Å². The third-order valence-electron chi connectivity index (χ3n) is 5.55. The summed E-state index contributed by atoms with van der Waals surface area (Å²) in [5, 5.41) is 0. The Hall–Kier alpha value is -0.970. The molecule has 0 aromatic carbocycles. The molecule has 20 heavy (non-hydrogen) atoms. The van der Waals surface area contributed by atoms with Crippen LogP contribution in [0.15, 0.2) is 6.07 Å². The number of hydrogen-bond donors (Lipinski definition) is 0. The Bertz CT molecular complexity index is 531. The molecule has 4 aliphatic rings. The Morgan fingerprint density at radius 2 is 1.75 bits per heavy atom. The normalized spacial score (nSPS) is 42.2. The molecule has 0 amide bonds. The van der Waals surface area contributed by atoms with Crippen LogP contribution in [-0.2, 0) is 5.41 Å². The largest absolute Gasteiger partial charge is 0.276 e. The maximum absolute atomic E-state index is 4.77. The lowest BCUT2D eigenvalue weighted by atomic mass is 9.68. The summed E-state index contributed by atoms with van der Waals surface area (Å²) < 4.78 is 0. The number of aryl methyl sites for hydroxylation is 3. The number of pyridine rings is 1. The lowest BCUT2D eigenvalue weighted by molar-refractivity contribution is -0.172. The van der Waals surface area contributed by atoms with E-state index in [0.717, 1.165) is 25.7 Å². The molecule has 0 aliphatic carbocycles. The highest BCUT2D eigenvalue weighted by Gasteiger charge is 2.55. The first kappa shape index (κ1) is 12.7. The molecule has 3 unspecified atom stereocenters. The maximum Gasteiger partial charge on any atom is 0.0533 e. The summed E-state index contributed by atoms with van der Waals surface area (Å²) in [5.41, 5.74) is 5.55. The van der Waals surface area contributed by atoms with Gasteiger partial charge in [0, 0.05) is 35.9 Å². The van der Waals surface area contributed by atoms with Gasteiger partial charge >= 0.3 is 0 Å². The van der Waals surface area contributed by atoms with Crippen LogP contribution in [0.3, 0.4) is 0 Å². The summed E-state index contributed by atoms with van der Waals surface area (Å²) in [7, 11) is 0. The molecule has 3 atom stereocenters. The second-order valence-corrected chi connectivity index (χ2v) is 7.04. The van der Waals surface area contributed by atoms with Crippen LogP contribution in [-0.4, -0.2) is 58.8 Å². The maximum atomic E-state index is 4.77. The van der Waals surface area contributed by atoms with Crippen LogP contribution in [0, 0.1) is 20.8 Å². The Morgan fingerprint density at radius 3 is 2.35 bits per heavy atom. The van der Waals surface area contributed by atoms with E-state index in [1.54, 1.807) is 0 Å². The average molecular weight is 272 g/mol. The van der Waals surface area contributed by atoms with Crippen molar-refractivity contribution in [3.05, 3.63) is 28.6 Å². The number of rotatable bonds is 1. The van der Waals surface area contributed by atoms with Crippen molar-refractivity contribution >= 4 is 0 Å². The summed E-state index contributed by atoms with van der Waals surface area (Å²) in [6.07, 6.45) is 0. The molecule has 4 heteroatoms. The minimum absolute atomic E-state index is 0.240. The summed E-state index contributed by atoms with van der Waals surface area (Å²) in [4.78, 5) is 12.6. The monoisotopic (exact) mass is 272 g/mol. The number of aromatic nitrogens is 1. The van der Waals surface area contributed by atoms with Gasteiger partial charge in [-0.1, -0.05) is 0 Å². The molecular weight excluding hydrogens is 248 g/mol. The molecule has 5 heterocycles. The summed E-state index contributed by atoms with van der Waals surface area (Å²) in [6.45, 7) is 14.8. The van der Waals surface area contributed by atoms with Gasteiger partial charge in [-0.05, 0) is 44.9 Å². The second-order valence-electron chi connectivity index (χ2n) is 7.04. The van der Waals surface area contributed by atoms with E-state index in [4.69, 9.17) is 4.98 Å². The van der Waals surface area contributed by atoms with Crippen LogP contribution in [0.2, 0.25) is 0 Å². The van der Waals surface area contributed by atoms with Gasteiger partial charge in [0.1, 0.15) is 0 Å². The SMILES string of the molecule is Cc1cc(C)c(C23CN4CN(CN(C4)C2C)C3)c(C)n1. The smallest absolute Gasteiger partial charge is 0.0533 e.